The van der Waals surface area contributed by atoms with E-state index in [1.165, 1.54) is 0 Å². The van der Waals surface area contributed by atoms with E-state index in [-0.39, 0.29) is 10.8 Å². The zero-order valence-electron chi connectivity index (χ0n) is 12.8. The molecule has 0 spiro atoms. The van der Waals surface area contributed by atoms with E-state index < -0.39 is 11.4 Å². The van der Waals surface area contributed by atoms with Gasteiger partial charge in [0.2, 0.25) is 0 Å². The van der Waals surface area contributed by atoms with Crippen LogP contribution in [0.5, 0.6) is 0 Å². The summed E-state index contributed by atoms with van der Waals surface area (Å²) in [5.41, 5.74) is -0.996. The highest BCUT2D eigenvalue weighted by Gasteiger charge is 2.53. The highest BCUT2D eigenvalue weighted by molar-refractivity contribution is 5.74. The van der Waals surface area contributed by atoms with E-state index in [0.29, 0.717) is 5.92 Å². The SMILES string of the molecule is CCCC(C)C(C)(C)C(C)(C)C(C)(C)C(=O)O. The molecular formula is C15H30O2. The lowest BCUT2D eigenvalue weighted by atomic mass is 9.51. The third-order valence-corrected chi connectivity index (χ3v) is 5.66. The second-order valence-corrected chi connectivity index (χ2v) is 6.97. The molecule has 0 amide bonds. The summed E-state index contributed by atoms with van der Waals surface area (Å²) in [4.78, 5) is 11.5. The number of carboxylic acids is 1. The van der Waals surface area contributed by atoms with Crippen LogP contribution in [0.25, 0.3) is 0 Å². The van der Waals surface area contributed by atoms with Gasteiger partial charge < -0.3 is 5.11 Å². The molecule has 0 heterocycles. The van der Waals surface area contributed by atoms with E-state index in [4.69, 9.17) is 0 Å². The second kappa shape index (κ2) is 4.99. The highest BCUT2D eigenvalue weighted by atomic mass is 16.4. The molecule has 2 heteroatoms. The Bertz CT molecular complexity index is 275. The van der Waals surface area contributed by atoms with Crippen LogP contribution in [0.2, 0.25) is 0 Å². The first-order valence-corrected chi connectivity index (χ1v) is 6.66. The average molecular weight is 242 g/mol. The Hall–Kier alpha value is -0.530. The molecule has 0 saturated carbocycles. The molecule has 0 fully saturated rings. The molecule has 102 valence electrons. The van der Waals surface area contributed by atoms with Crippen LogP contribution in [-0.2, 0) is 4.79 Å². The van der Waals surface area contributed by atoms with Crippen molar-refractivity contribution in [3.8, 4) is 0 Å². The molecule has 0 aromatic heterocycles. The average Bonchev–Trinajstić information content (AvgIpc) is 2.17. The fraction of sp³-hybridized carbons (Fsp3) is 0.933. The molecule has 0 aliphatic heterocycles. The summed E-state index contributed by atoms with van der Waals surface area (Å²) >= 11 is 0. The van der Waals surface area contributed by atoms with Crippen molar-refractivity contribution in [1.82, 2.24) is 0 Å². The third-order valence-electron chi connectivity index (χ3n) is 5.66. The van der Waals surface area contributed by atoms with Gasteiger partial charge in [-0.3, -0.25) is 4.79 Å². The summed E-state index contributed by atoms with van der Waals surface area (Å²) in [6, 6.07) is 0. The molecule has 1 unspecified atom stereocenters. The van der Waals surface area contributed by atoms with Gasteiger partial charge >= 0.3 is 5.97 Å². The van der Waals surface area contributed by atoms with Gasteiger partial charge in [0.15, 0.2) is 0 Å². The smallest absolute Gasteiger partial charge is 0.309 e. The van der Waals surface area contributed by atoms with Crippen LogP contribution in [0, 0.1) is 22.2 Å². The van der Waals surface area contributed by atoms with E-state index in [1.807, 2.05) is 13.8 Å². The normalized spacial score (nSPS) is 15.8. The Kier molecular flexibility index (Phi) is 4.84. The number of hydrogen-bond acceptors (Lipinski definition) is 1. The zero-order valence-corrected chi connectivity index (χ0v) is 12.8. The summed E-state index contributed by atoms with van der Waals surface area (Å²) in [6.45, 7) is 16.7. The molecule has 0 aromatic carbocycles. The van der Waals surface area contributed by atoms with Gasteiger partial charge in [0, 0.05) is 0 Å². The van der Waals surface area contributed by atoms with E-state index in [9.17, 15) is 9.90 Å². The Morgan fingerprint density at radius 3 is 1.82 bits per heavy atom. The van der Waals surface area contributed by atoms with Crippen LogP contribution >= 0.6 is 0 Å². The van der Waals surface area contributed by atoms with Gasteiger partial charge in [-0.2, -0.15) is 0 Å². The van der Waals surface area contributed by atoms with Crippen LogP contribution in [-0.4, -0.2) is 11.1 Å². The fourth-order valence-electron chi connectivity index (χ4n) is 2.48. The molecule has 0 aromatic rings. The van der Waals surface area contributed by atoms with Gasteiger partial charge in [0.1, 0.15) is 0 Å². The summed E-state index contributed by atoms with van der Waals surface area (Å²) in [5.74, 6) is -0.194. The molecule has 0 aliphatic rings. The fourth-order valence-corrected chi connectivity index (χ4v) is 2.48. The number of carboxylic acid groups (broad SMARTS) is 1. The predicted octanol–water partition coefficient (Wildman–Crippen LogP) is 4.59. The minimum Gasteiger partial charge on any atom is -0.481 e. The van der Waals surface area contributed by atoms with Crippen LogP contribution in [0.15, 0.2) is 0 Å². The van der Waals surface area contributed by atoms with Crippen molar-refractivity contribution in [3.63, 3.8) is 0 Å². The first kappa shape index (κ1) is 16.5. The van der Waals surface area contributed by atoms with Crippen molar-refractivity contribution in [2.45, 2.75) is 68.2 Å². The maximum Gasteiger partial charge on any atom is 0.309 e. The summed E-state index contributed by atoms with van der Waals surface area (Å²) < 4.78 is 0. The molecule has 0 bridgehead atoms. The Morgan fingerprint density at radius 1 is 1.12 bits per heavy atom. The monoisotopic (exact) mass is 242 g/mol. The minimum absolute atomic E-state index is 0.00903. The summed E-state index contributed by atoms with van der Waals surface area (Å²) in [5, 5.41) is 9.45. The molecule has 2 nitrogen and oxygen atoms in total. The molecule has 0 aliphatic carbocycles. The standard InChI is InChI=1S/C15H30O2/c1-9-10-11(2)13(3,4)15(7,8)14(5,6)12(16)17/h11H,9-10H2,1-8H3,(H,16,17). The summed E-state index contributed by atoms with van der Waals surface area (Å²) in [6.07, 6.45) is 2.29. The van der Waals surface area contributed by atoms with Crippen LogP contribution in [0.4, 0.5) is 0 Å². The van der Waals surface area contributed by atoms with Crippen molar-refractivity contribution >= 4 is 5.97 Å². The quantitative estimate of drug-likeness (QED) is 0.740. The summed E-state index contributed by atoms with van der Waals surface area (Å²) in [7, 11) is 0. The van der Waals surface area contributed by atoms with E-state index >= 15 is 0 Å². The maximum absolute atomic E-state index is 11.5. The van der Waals surface area contributed by atoms with Crippen LogP contribution in [0.3, 0.4) is 0 Å². The van der Waals surface area contributed by atoms with E-state index in [0.717, 1.165) is 12.8 Å². The molecule has 0 saturated heterocycles. The van der Waals surface area contributed by atoms with Crippen molar-refractivity contribution in [3.05, 3.63) is 0 Å². The van der Waals surface area contributed by atoms with Crippen molar-refractivity contribution in [2.24, 2.45) is 22.2 Å². The van der Waals surface area contributed by atoms with Gasteiger partial charge in [-0.15, -0.1) is 0 Å². The molecule has 0 radical (unpaired) electrons. The Morgan fingerprint density at radius 2 is 1.53 bits per heavy atom. The maximum atomic E-state index is 11.5. The van der Waals surface area contributed by atoms with Crippen LogP contribution in [0.1, 0.15) is 68.2 Å². The van der Waals surface area contributed by atoms with Crippen molar-refractivity contribution < 1.29 is 9.90 Å². The number of hydrogen-bond donors (Lipinski definition) is 1. The van der Waals surface area contributed by atoms with Gasteiger partial charge in [0.05, 0.1) is 5.41 Å². The molecule has 0 rings (SSSR count). The lowest BCUT2D eigenvalue weighted by molar-refractivity contribution is -0.163. The predicted molar refractivity (Wildman–Crippen MR) is 73.1 cm³/mol. The molecular weight excluding hydrogens is 212 g/mol. The number of rotatable bonds is 6. The second-order valence-electron chi connectivity index (χ2n) is 6.97. The first-order chi connectivity index (χ1) is 7.42. The van der Waals surface area contributed by atoms with Gasteiger partial charge in [-0.25, -0.2) is 0 Å². The molecule has 1 atom stereocenters. The van der Waals surface area contributed by atoms with Gasteiger partial charge in [-0.05, 0) is 30.6 Å². The highest BCUT2D eigenvalue weighted by Crippen LogP contribution is 2.55. The van der Waals surface area contributed by atoms with Gasteiger partial charge in [-0.1, -0.05) is 54.4 Å². The molecule has 17 heavy (non-hydrogen) atoms. The lowest BCUT2D eigenvalue weighted by Gasteiger charge is -2.53. The van der Waals surface area contributed by atoms with Crippen molar-refractivity contribution in [1.29, 1.82) is 0 Å². The topological polar surface area (TPSA) is 37.3 Å². The minimum atomic E-state index is -0.724. The third kappa shape index (κ3) is 2.66. The zero-order chi connectivity index (χ0) is 14.1. The van der Waals surface area contributed by atoms with Gasteiger partial charge in [0.25, 0.3) is 0 Å². The molecule has 1 N–H and O–H groups in total. The first-order valence-electron chi connectivity index (χ1n) is 6.66. The van der Waals surface area contributed by atoms with E-state index in [2.05, 4.69) is 41.5 Å². The Labute approximate surface area is 107 Å². The number of aliphatic carboxylic acids is 1. The number of carbonyl (C=O) groups is 1. The van der Waals surface area contributed by atoms with Crippen LogP contribution < -0.4 is 0 Å². The van der Waals surface area contributed by atoms with E-state index in [1.54, 1.807) is 0 Å². The largest absolute Gasteiger partial charge is 0.481 e. The van der Waals surface area contributed by atoms with Crippen molar-refractivity contribution in [2.75, 3.05) is 0 Å². The lowest BCUT2D eigenvalue weighted by Crippen LogP contribution is -2.51. The Balaban J connectivity index is 5.36.